The van der Waals surface area contributed by atoms with Gasteiger partial charge in [-0.3, -0.25) is 10.0 Å². The lowest BCUT2D eigenvalue weighted by Gasteiger charge is -2.37. The van der Waals surface area contributed by atoms with Crippen molar-refractivity contribution < 1.29 is 32.6 Å². The first-order chi connectivity index (χ1) is 16.7. The third-order valence-electron chi connectivity index (χ3n) is 5.33. The molecule has 3 rings (SSSR count). The van der Waals surface area contributed by atoms with Crippen molar-refractivity contribution in [1.29, 1.82) is 0 Å². The third kappa shape index (κ3) is 6.23. The van der Waals surface area contributed by atoms with E-state index in [9.17, 15) is 23.3 Å². The number of hydrogen-bond donors (Lipinski definition) is 1. The predicted octanol–water partition coefficient (Wildman–Crippen LogP) is 3.03. The van der Waals surface area contributed by atoms with Crippen molar-refractivity contribution in [3.05, 3.63) is 51.6 Å². The summed E-state index contributed by atoms with van der Waals surface area (Å²) in [6.07, 6.45) is -0.233. The van der Waals surface area contributed by atoms with Crippen LogP contribution in [0.2, 0.25) is 0 Å². The number of hydrogen-bond acceptors (Lipinski definition) is 11. The lowest BCUT2D eigenvalue weighted by atomic mass is 10.1. The van der Waals surface area contributed by atoms with Gasteiger partial charge in [0.05, 0.1) is 10.3 Å². The van der Waals surface area contributed by atoms with Crippen LogP contribution in [0.4, 0.5) is 4.79 Å². The molecule has 0 radical (unpaired) electrons. The summed E-state index contributed by atoms with van der Waals surface area (Å²) < 4.78 is 39.3. The number of benzene rings is 1. The number of para-hydroxylation sites is 1. The highest BCUT2D eigenvalue weighted by Gasteiger charge is 2.42. The van der Waals surface area contributed by atoms with Crippen LogP contribution >= 0.6 is 23.3 Å². The SMILES string of the molecule is CCN(C(=O)Oc1ccccc1CO[N+](=O)[O-])C1CN(CCCOC)S(=O)(=O)c2sc(SN)cc21. The highest BCUT2D eigenvalue weighted by Crippen LogP contribution is 2.43. The summed E-state index contributed by atoms with van der Waals surface area (Å²) in [6.45, 7) is 2.25. The van der Waals surface area contributed by atoms with Crippen molar-refractivity contribution in [3.63, 3.8) is 0 Å². The lowest BCUT2D eigenvalue weighted by molar-refractivity contribution is -0.763. The summed E-state index contributed by atoms with van der Waals surface area (Å²) in [4.78, 5) is 29.7. The number of sulfonamides is 1. The molecule has 2 N–H and O–H groups in total. The quantitative estimate of drug-likeness (QED) is 0.192. The zero-order valence-electron chi connectivity index (χ0n) is 19.1. The highest BCUT2D eigenvalue weighted by molar-refractivity contribution is 7.99. The van der Waals surface area contributed by atoms with Gasteiger partial charge in [-0.25, -0.2) is 13.2 Å². The number of fused-ring (bicyclic) bond motifs is 1. The van der Waals surface area contributed by atoms with Crippen LogP contribution in [-0.4, -0.2) is 62.2 Å². The van der Waals surface area contributed by atoms with Crippen molar-refractivity contribution in [2.45, 2.75) is 34.4 Å². The maximum Gasteiger partial charge on any atom is 0.415 e. The number of amides is 1. The molecule has 15 heteroatoms. The van der Waals surface area contributed by atoms with Crippen LogP contribution in [0.3, 0.4) is 0 Å². The average molecular weight is 547 g/mol. The van der Waals surface area contributed by atoms with Crippen molar-refractivity contribution in [3.8, 4) is 5.75 Å². The fourth-order valence-electron chi connectivity index (χ4n) is 3.70. The van der Waals surface area contributed by atoms with E-state index >= 15 is 0 Å². The fourth-order valence-corrected chi connectivity index (χ4v) is 7.62. The lowest BCUT2D eigenvalue weighted by Crippen LogP contribution is -2.48. The van der Waals surface area contributed by atoms with E-state index in [0.29, 0.717) is 28.4 Å². The zero-order chi connectivity index (χ0) is 25.6. The molecule has 0 spiro atoms. The van der Waals surface area contributed by atoms with Crippen LogP contribution in [-0.2, 0) is 26.2 Å². The van der Waals surface area contributed by atoms with E-state index in [0.717, 1.165) is 23.3 Å². The van der Waals surface area contributed by atoms with Crippen LogP contribution in [0.5, 0.6) is 5.75 Å². The molecule has 0 saturated carbocycles. The minimum Gasteiger partial charge on any atom is -0.410 e. The molecule has 1 unspecified atom stereocenters. The van der Waals surface area contributed by atoms with Gasteiger partial charge in [0.1, 0.15) is 16.6 Å². The van der Waals surface area contributed by atoms with Gasteiger partial charge in [-0.05, 0) is 37.4 Å². The van der Waals surface area contributed by atoms with Crippen molar-refractivity contribution in [2.24, 2.45) is 5.14 Å². The van der Waals surface area contributed by atoms with E-state index in [1.165, 1.54) is 15.3 Å². The van der Waals surface area contributed by atoms with Gasteiger partial charge in [0.15, 0.2) is 0 Å². The normalized spacial score (nSPS) is 16.9. The number of rotatable bonds is 11. The monoisotopic (exact) mass is 546 g/mol. The number of likely N-dealkylation sites (N-methyl/N-ethyl adjacent to an activating group) is 1. The Labute approximate surface area is 211 Å². The van der Waals surface area contributed by atoms with Gasteiger partial charge in [-0.15, -0.1) is 21.5 Å². The minimum atomic E-state index is -3.77. The predicted molar refractivity (Wildman–Crippen MR) is 129 cm³/mol. The third-order valence-corrected chi connectivity index (χ3v) is 9.56. The van der Waals surface area contributed by atoms with E-state index < -0.39 is 27.2 Å². The van der Waals surface area contributed by atoms with E-state index in [1.54, 1.807) is 38.3 Å². The van der Waals surface area contributed by atoms with Gasteiger partial charge < -0.3 is 14.3 Å². The molecule has 2 heterocycles. The van der Waals surface area contributed by atoms with E-state index in [2.05, 4.69) is 4.84 Å². The molecule has 1 aromatic heterocycles. The molecule has 0 fully saturated rings. The molecular weight excluding hydrogens is 520 g/mol. The molecule has 1 atom stereocenters. The first-order valence-corrected chi connectivity index (χ1v) is 13.7. The van der Waals surface area contributed by atoms with E-state index in [1.807, 2.05) is 0 Å². The Bertz CT molecular complexity index is 1160. The Kier molecular flexibility index (Phi) is 9.32. The maximum absolute atomic E-state index is 13.3. The Morgan fingerprint density at radius 3 is 2.80 bits per heavy atom. The Morgan fingerprint density at radius 1 is 1.40 bits per heavy atom. The smallest absolute Gasteiger partial charge is 0.410 e. The van der Waals surface area contributed by atoms with Crippen molar-refractivity contribution >= 4 is 39.4 Å². The zero-order valence-corrected chi connectivity index (χ0v) is 21.6. The molecule has 0 bridgehead atoms. The summed E-state index contributed by atoms with van der Waals surface area (Å²) in [5.74, 6) is 0.113. The number of nitrogens with two attached hydrogens (primary N) is 1. The standard InChI is InChI=1S/C20H26N4O8S3/c1-3-23(20(25)32-17-8-5-4-7-14(17)13-31-24(26)27)16-12-22(9-6-10-30-2)35(28,29)19-15(16)11-18(33-19)34-21/h4-5,7-8,11,16H,3,6,9-10,12-13,21H2,1-2H3. The fraction of sp³-hybridized carbons (Fsp3) is 0.450. The van der Waals surface area contributed by atoms with Gasteiger partial charge >= 0.3 is 6.09 Å². The number of thiophene rings is 1. The average Bonchev–Trinajstić information content (AvgIpc) is 3.27. The summed E-state index contributed by atoms with van der Waals surface area (Å²) in [5, 5.41) is 15.4. The Hall–Kier alpha value is -2.43. The molecule has 12 nitrogen and oxygen atoms in total. The van der Waals surface area contributed by atoms with Crippen molar-refractivity contribution in [2.75, 3.05) is 33.4 Å². The van der Waals surface area contributed by atoms with Gasteiger partial charge in [-0.1, -0.05) is 18.2 Å². The summed E-state index contributed by atoms with van der Waals surface area (Å²) in [6, 6.07) is 7.39. The maximum atomic E-state index is 13.3. The topological polar surface area (TPSA) is 155 Å². The van der Waals surface area contributed by atoms with E-state index in [4.69, 9.17) is 14.6 Å². The second-order valence-corrected chi connectivity index (χ2v) is 11.5. The molecule has 1 aliphatic heterocycles. The van der Waals surface area contributed by atoms with Gasteiger partial charge in [0.2, 0.25) is 0 Å². The van der Waals surface area contributed by atoms with Gasteiger partial charge in [0.25, 0.3) is 15.1 Å². The van der Waals surface area contributed by atoms with Crippen molar-refractivity contribution in [1.82, 2.24) is 9.21 Å². The molecular formula is C20H26N4O8S3. The molecule has 1 aliphatic rings. The first kappa shape index (κ1) is 27.2. The molecule has 192 valence electrons. The van der Waals surface area contributed by atoms with Crippen LogP contribution in [0.25, 0.3) is 0 Å². The Morgan fingerprint density at radius 2 is 2.14 bits per heavy atom. The molecule has 2 aromatic rings. The largest absolute Gasteiger partial charge is 0.415 e. The molecule has 35 heavy (non-hydrogen) atoms. The number of nitrogens with zero attached hydrogens (tertiary/aromatic N) is 3. The molecule has 0 aliphatic carbocycles. The van der Waals surface area contributed by atoms with Crippen LogP contribution in [0.15, 0.2) is 38.8 Å². The van der Waals surface area contributed by atoms with Gasteiger partial charge in [0, 0.05) is 44.5 Å². The second kappa shape index (κ2) is 12.0. The summed E-state index contributed by atoms with van der Waals surface area (Å²) in [5.41, 5.74) is 0.800. The second-order valence-electron chi connectivity index (χ2n) is 7.41. The summed E-state index contributed by atoms with van der Waals surface area (Å²) >= 11 is 2.00. The molecule has 1 amide bonds. The van der Waals surface area contributed by atoms with Crippen LogP contribution in [0, 0.1) is 10.1 Å². The van der Waals surface area contributed by atoms with Gasteiger partial charge in [-0.2, -0.15) is 4.31 Å². The minimum absolute atomic E-state index is 0.0412. The highest BCUT2D eigenvalue weighted by atomic mass is 32.3. The summed E-state index contributed by atoms with van der Waals surface area (Å²) in [7, 11) is -2.23. The number of ether oxygens (including phenoxy) is 2. The molecule has 0 saturated heterocycles. The van der Waals surface area contributed by atoms with Crippen LogP contribution < -0.4 is 9.88 Å². The number of carbonyl (C=O) groups is 1. The number of carbonyl (C=O) groups excluding carboxylic acids is 1. The van der Waals surface area contributed by atoms with Crippen LogP contribution in [0.1, 0.15) is 30.5 Å². The van der Waals surface area contributed by atoms with E-state index in [-0.39, 0.29) is 36.2 Å². The Balaban J connectivity index is 1.91. The molecule has 1 aromatic carbocycles. The first-order valence-electron chi connectivity index (χ1n) is 10.6. The number of methoxy groups -OCH3 is 1.